The Labute approximate surface area is 108 Å². The minimum absolute atomic E-state index is 0.465. The smallest absolute Gasteiger partial charge is 0.0611 e. The van der Waals surface area contributed by atoms with Crippen LogP contribution in [-0.4, -0.2) is 18.5 Å². The third kappa shape index (κ3) is 5.31. The molecule has 1 atom stereocenters. The van der Waals surface area contributed by atoms with Gasteiger partial charge in [0.25, 0.3) is 0 Å². The van der Waals surface area contributed by atoms with E-state index in [1.165, 1.54) is 37.7 Å². The molecular formula is C14H23BrO. The van der Waals surface area contributed by atoms with Gasteiger partial charge in [0.2, 0.25) is 0 Å². The zero-order valence-corrected chi connectivity index (χ0v) is 12.1. The summed E-state index contributed by atoms with van der Waals surface area (Å²) in [5.74, 6) is 0. The molecule has 1 unspecified atom stereocenters. The first kappa shape index (κ1) is 14.0. The highest BCUT2D eigenvalue weighted by atomic mass is 79.9. The molecule has 0 aromatic carbocycles. The van der Waals surface area contributed by atoms with Crippen LogP contribution in [0.15, 0.2) is 23.3 Å². The summed E-state index contributed by atoms with van der Waals surface area (Å²) in [6.07, 6.45) is 12.3. The summed E-state index contributed by atoms with van der Waals surface area (Å²) in [7, 11) is 1.83. The van der Waals surface area contributed by atoms with Gasteiger partial charge in [-0.1, -0.05) is 39.2 Å². The molecule has 0 amide bonds. The Morgan fingerprint density at radius 3 is 3.12 bits per heavy atom. The van der Waals surface area contributed by atoms with E-state index >= 15 is 0 Å². The van der Waals surface area contributed by atoms with E-state index in [9.17, 15) is 0 Å². The fourth-order valence-electron chi connectivity index (χ4n) is 2.11. The Balaban J connectivity index is 2.27. The number of rotatable bonds is 6. The maximum Gasteiger partial charge on any atom is 0.0611 e. The first-order valence-electron chi connectivity index (χ1n) is 6.18. The molecule has 16 heavy (non-hydrogen) atoms. The van der Waals surface area contributed by atoms with Crippen LogP contribution in [0.3, 0.4) is 0 Å². The molecule has 1 nitrogen and oxygen atoms in total. The Hall–Kier alpha value is -0.0800. The van der Waals surface area contributed by atoms with Crippen molar-refractivity contribution < 1.29 is 4.74 Å². The van der Waals surface area contributed by atoms with Gasteiger partial charge in [0.05, 0.1) is 6.10 Å². The van der Waals surface area contributed by atoms with Crippen molar-refractivity contribution in [1.29, 1.82) is 0 Å². The lowest BCUT2D eigenvalue weighted by Gasteiger charge is -2.21. The summed E-state index contributed by atoms with van der Waals surface area (Å²) in [6, 6.07) is 0. The van der Waals surface area contributed by atoms with Gasteiger partial charge < -0.3 is 4.74 Å². The normalized spacial score (nSPS) is 22.1. The fourth-order valence-corrected chi connectivity index (χ4v) is 2.74. The molecule has 1 rings (SSSR count). The van der Waals surface area contributed by atoms with Gasteiger partial charge in [-0.25, -0.2) is 0 Å². The third-order valence-electron chi connectivity index (χ3n) is 3.19. The van der Waals surface area contributed by atoms with Crippen molar-refractivity contribution in [1.82, 2.24) is 0 Å². The zero-order valence-electron chi connectivity index (χ0n) is 10.5. The van der Waals surface area contributed by atoms with Gasteiger partial charge in [-0.15, -0.1) is 0 Å². The van der Waals surface area contributed by atoms with Crippen LogP contribution in [0, 0.1) is 0 Å². The second-order valence-electron chi connectivity index (χ2n) is 4.53. The molecule has 0 fully saturated rings. The average molecular weight is 287 g/mol. The molecule has 0 aliphatic heterocycles. The largest absolute Gasteiger partial charge is 0.381 e. The van der Waals surface area contributed by atoms with Gasteiger partial charge in [-0.05, 0) is 45.4 Å². The standard InChI is InChI=1S/C14H23BrO/c1-12(9-10-15)5-3-6-13-7-4-8-14(11-13)16-2/h5,7,14H,3-4,6,8-11H2,1-2H3/b12-5+. The lowest BCUT2D eigenvalue weighted by atomic mass is 9.93. The monoisotopic (exact) mass is 286 g/mol. The van der Waals surface area contributed by atoms with E-state index in [2.05, 4.69) is 35.0 Å². The van der Waals surface area contributed by atoms with E-state index in [4.69, 9.17) is 4.74 Å². The molecule has 0 saturated heterocycles. The van der Waals surface area contributed by atoms with Gasteiger partial charge >= 0.3 is 0 Å². The van der Waals surface area contributed by atoms with Crippen molar-refractivity contribution in [3.8, 4) is 0 Å². The first-order valence-corrected chi connectivity index (χ1v) is 7.30. The predicted molar refractivity (Wildman–Crippen MR) is 74.1 cm³/mol. The molecule has 0 aromatic rings. The molecule has 0 bridgehead atoms. The van der Waals surface area contributed by atoms with Crippen LogP contribution in [0.25, 0.3) is 0 Å². The summed E-state index contributed by atoms with van der Waals surface area (Å²) in [5, 5.41) is 1.07. The Kier molecular flexibility index (Phi) is 7.06. The van der Waals surface area contributed by atoms with Crippen molar-refractivity contribution in [2.45, 2.75) is 51.6 Å². The van der Waals surface area contributed by atoms with Gasteiger partial charge in [-0.3, -0.25) is 0 Å². The highest BCUT2D eigenvalue weighted by Gasteiger charge is 2.13. The number of ether oxygens (including phenoxy) is 1. The second-order valence-corrected chi connectivity index (χ2v) is 5.32. The highest BCUT2D eigenvalue weighted by molar-refractivity contribution is 9.09. The molecule has 1 aliphatic rings. The summed E-state index contributed by atoms with van der Waals surface area (Å²) >= 11 is 3.47. The molecule has 0 saturated carbocycles. The third-order valence-corrected chi connectivity index (χ3v) is 3.59. The topological polar surface area (TPSA) is 9.23 Å². The van der Waals surface area contributed by atoms with E-state index < -0.39 is 0 Å². The van der Waals surface area contributed by atoms with E-state index in [-0.39, 0.29) is 0 Å². The second kappa shape index (κ2) is 8.08. The predicted octanol–water partition coefficient (Wildman–Crippen LogP) is 4.62. The number of methoxy groups -OCH3 is 1. The maximum atomic E-state index is 5.42. The van der Waals surface area contributed by atoms with Gasteiger partial charge in [0.1, 0.15) is 0 Å². The van der Waals surface area contributed by atoms with Crippen molar-refractivity contribution in [3.05, 3.63) is 23.3 Å². The van der Waals surface area contributed by atoms with Crippen LogP contribution in [0.2, 0.25) is 0 Å². The molecule has 92 valence electrons. The minimum Gasteiger partial charge on any atom is -0.381 e. The zero-order chi connectivity index (χ0) is 11.8. The van der Waals surface area contributed by atoms with Gasteiger partial charge in [-0.2, -0.15) is 0 Å². The number of hydrogen-bond donors (Lipinski definition) is 0. The number of halogens is 1. The fraction of sp³-hybridized carbons (Fsp3) is 0.714. The summed E-state index contributed by atoms with van der Waals surface area (Å²) in [4.78, 5) is 0. The van der Waals surface area contributed by atoms with Crippen LogP contribution in [0.4, 0.5) is 0 Å². The Bertz CT molecular complexity index is 255. The minimum atomic E-state index is 0.465. The van der Waals surface area contributed by atoms with E-state index in [0.29, 0.717) is 6.10 Å². The summed E-state index contributed by atoms with van der Waals surface area (Å²) in [5.41, 5.74) is 3.08. The van der Waals surface area contributed by atoms with Crippen molar-refractivity contribution in [2.75, 3.05) is 12.4 Å². The highest BCUT2D eigenvalue weighted by Crippen LogP contribution is 2.24. The van der Waals surface area contributed by atoms with E-state index in [1.54, 1.807) is 5.57 Å². The lowest BCUT2D eigenvalue weighted by Crippen LogP contribution is -2.14. The maximum absolute atomic E-state index is 5.42. The van der Waals surface area contributed by atoms with Crippen LogP contribution >= 0.6 is 15.9 Å². The van der Waals surface area contributed by atoms with Gasteiger partial charge in [0.15, 0.2) is 0 Å². The molecule has 0 heterocycles. The van der Waals surface area contributed by atoms with E-state index in [1.807, 2.05) is 7.11 Å². The molecule has 0 aromatic heterocycles. The Morgan fingerprint density at radius 2 is 2.44 bits per heavy atom. The van der Waals surface area contributed by atoms with Crippen LogP contribution in [-0.2, 0) is 4.74 Å². The quantitative estimate of drug-likeness (QED) is 0.511. The van der Waals surface area contributed by atoms with Crippen LogP contribution in [0.5, 0.6) is 0 Å². The number of allylic oxidation sites excluding steroid dienone is 3. The SMILES string of the molecule is COC1CCC=C(CC/C=C(\C)CCBr)C1. The van der Waals surface area contributed by atoms with Crippen molar-refractivity contribution in [3.63, 3.8) is 0 Å². The average Bonchev–Trinajstić information content (AvgIpc) is 2.30. The van der Waals surface area contributed by atoms with Crippen molar-refractivity contribution in [2.24, 2.45) is 0 Å². The molecular weight excluding hydrogens is 264 g/mol. The molecule has 0 N–H and O–H groups in total. The van der Waals surface area contributed by atoms with Gasteiger partial charge in [0, 0.05) is 12.4 Å². The molecule has 2 heteroatoms. The first-order chi connectivity index (χ1) is 7.76. The molecule has 1 aliphatic carbocycles. The Morgan fingerprint density at radius 1 is 1.62 bits per heavy atom. The molecule has 0 spiro atoms. The lowest BCUT2D eigenvalue weighted by molar-refractivity contribution is 0.0917. The van der Waals surface area contributed by atoms with Crippen LogP contribution in [0.1, 0.15) is 45.4 Å². The number of alkyl halides is 1. The summed E-state index contributed by atoms with van der Waals surface area (Å²) < 4.78 is 5.42. The van der Waals surface area contributed by atoms with Crippen molar-refractivity contribution >= 4 is 15.9 Å². The van der Waals surface area contributed by atoms with Crippen LogP contribution < -0.4 is 0 Å². The number of hydrogen-bond acceptors (Lipinski definition) is 1. The van der Waals surface area contributed by atoms with E-state index in [0.717, 1.165) is 11.8 Å². The summed E-state index contributed by atoms with van der Waals surface area (Å²) in [6.45, 7) is 2.22. The molecule has 0 radical (unpaired) electrons.